The van der Waals surface area contributed by atoms with Gasteiger partial charge in [0.1, 0.15) is 0 Å². The van der Waals surface area contributed by atoms with Gasteiger partial charge < -0.3 is 9.64 Å². The van der Waals surface area contributed by atoms with E-state index in [1.807, 2.05) is 4.90 Å². The standard InChI is InChI=1S/C10H18N2O2/c1-9(13)12-7-10(8-12)6-11-2-4-14-5-3-11/h10H,2-8H2,1H3. The van der Waals surface area contributed by atoms with Gasteiger partial charge in [-0.05, 0) is 0 Å². The summed E-state index contributed by atoms with van der Waals surface area (Å²) < 4.78 is 5.29. The number of hydrogen-bond acceptors (Lipinski definition) is 3. The average molecular weight is 198 g/mol. The first-order valence-electron chi connectivity index (χ1n) is 5.31. The van der Waals surface area contributed by atoms with Crippen LogP contribution in [0.2, 0.25) is 0 Å². The number of carbonyl (C=O) groups excluding carboxylic acids is 1. The Labute approximate surface area is 84.8 Å². The topological polar surface area (TPSA) is 32.8 Å². The van der Waals surface area contributed by atoms with Crippen LogP contribution in [0.1, 0.15) is 6.92 Å². The van der Waals surface area contributed by atoms with Gasteiger partial charge in [0.05, 0.1) is 13.2 Å². The number of rotatable bonds is 2. The van der Waals surface area contributed by atoms with E-state index in [2.05, 4.69) is 4.90 Å². The molecule has 2 aliphatic rings. The first-order valence-corrected chi connectivity index (χ1v) is 5.31. The van der Waals surface area contributed by atoms with Crippen LogP contribution in [0.4, 0.5) is 0 Å². The molecule has 0 aromatic heterocycles. The Hall–Kier alpha value is -0.610. The molecule has 1 amide bonds. The van der Waals surface area contributed by atoms with Gasteiger partial charge in [0, 0.05) is 45.6 Å². The molecule has 80 valence electrons. The summed E-state index contributed by atoms with van der Waals surface area (Å²) >= 11 is 0. The summed E-state index contributed by atoms with van der Waals surface area (Å²) in [6, 6.07) is 0. The minimum Gasteiger partial charge on any atom is -0.379 e. The molecule has 0 aliphatic carbocycles. The Morgan fingerprint density at radius 3 is 2.57 bits per heavy atom. The molecular formula is C10H18N2O2. The number of ether oxygens (including phenoxy) is 1. The maximum Gasteiger partial charge on any atom is 0.219 e. The normalized spacial score (nSPS) is 24.8. The number of amides is 1. The van der Waals surface area contributed by atoms with Gasteiger partial charge in [0.2, 0.25) is 5.91 Å². The molecule has 0 N–H and O–H groups in total. The molecule has 14 heavy (non-hydrogen) atoms. The van der Waals surface area contributed by atoms with Crippen LogP contribution in [0.25, 0.3) is 0 Å². The highest BCUT2D eigenvalue weighted by Gasteiger charge is 2.30. The molecule has 0 atom stereocenters. The van der Waals surface area contributed by atoms with E-state index in [9.17, 15) is 4.79 Å². The summed E-state index contributed by atoms with van der Waals surface area (Å²) in [4.78, 5) is 15.3. The number of hydrogen-bond donors (Lipinski definition) is 0. The van der Waals surface area contributed by atoms with Crippen LogP contribution >= 0.6 is 0 Å². The Bertz CT molecular complexity index is 208. The van der Waals surface area contributed by atoms with Crippen LogP contribution in [0.5, 0.6) is 0 Å². The number of nitrogens with zero attached hydrogens (tertiary/aromatic N) is 2. The maximum absolute atomic E-state index is 11.0. The molecule has 0 aromatic carbocycles. The summed E-state index contributed by atoms with van der Waals surface area (Å²) in [6.45, 7) is 8.51. The third-order valence-corrected chi connectivity index (χ3v) is 3.02. The minimum absolute atomic E-state index is 0.211. The number of morpholine rings is 1. The SMILES string of the molecule is CC(=O)N1CC(CN2CCOCC2)C1. The maximum atomic E-state index is 11.0. The monoisotopic (exact) mass is 198 g/mol. The zero-order valence-electron chi connectivity index (χ0n) is 8.74. The van der Waals surface area contributed by atoms with Gasteiger partial charge in [-0.15, -0.1) is 0 Å². The zero-order chi connectivity index (χ0) is 9.97. The second-order valence-corrected chi connectivity index (χ2v) is 4.20. The number of likely N-dealkylation sites (tertiary alicyclic amines) is 1. The van der Waals surface area contributed by atoms with Crippen LogP contribution in [0.15, 0.2) is 0 Å². The highest BCUT2D eigenvalue weighted by molar-refractivity contribution is 5.74. The van der Waals surface area contributed by atoms with Crippen molar-refractivity contribution in [1.82, 2.24) is 9.80 Å². The quantitative estimate of drug-likeness (QED) is 0.616. The fourth-order valence-corrected chi connectivity index (χ4v) is 2.09. The molecule has 2 fully saturated rings. The van der Waals surface area contributed by atoms with Crippen molar-refractivity contribution in [1.29, 1.82) is 0 Å². The van der Waals surface area contributed by atoms with Crippen LogP contribution in [0.3, 0.4) is 0 Å². The van der Waals surface area contributed by atoms with Crippen LogP contribution in [0, 0.1) is 5.92 Å². The smallest absolute Gasteiger partial charge is 0.219 e. The van der Waals surface area contributed by atoms with E-state index in [1.54, 1.807) is 6.92 Å². The Balaban J connectivity index is 1.65. The van der Waals surface area contributed by atoms with E-state index < -0.39 is 0 Å². The van der Waals surface area contributed by atoms with Crippen LogP contribution in [-0.4, -0.2) is 61.6 Å². The average Bonchev–Trinajstić information content (AvgIpc) is 2.12. The van der Waals surface area contributed by atoms with E-state index in [1.165, 1.54) is 0 Å². The third-order valence-electron chi connectivity index (χ3n) is 3.02. The summed E-state index contributed by atoms with van der Waals surface area (Å²) in [5.74, 6) is 0.903. The van der Waals surface area contributed by atoms with Crippen molar-refractivity contribution >= 4 is 5.91 Å². The second kappa shape index (κ2) is 4.28. The zero-order valence-corrected chi connectivity index (χ0v) is 8.74. The molecule has 2 aliphatic heterocycles. The van der Waals surface area contributed by atoms with E-state index in [0.717, 1.165) is 45.9 Å². The fraction of sp³-hybridized carbons (Fsp3) is 0.900. The van der Waals surface area contributed by atoms with Gasteiger partial charge in [-0.25, -0.2) is 0 Å². The first kappa shape index (κ1) is 9.93. The lowest BCUT2D eigenvalue weighted by atomic mass is 9.99. The predicted molar refractivity (Wildman–Crippen MR) is 53.0 cm³/mol. The highest BCUT2D eigenvalue weighted by Crippen LogP contribution is 2.17. The summed E-state index contributed by atoms with van der Waals surface area (Å²) in [5.41, 5.74) is 0. The lowest BCUT2D eigenvalue weighted by Gasteiger charge is -2.41. The molecule has 0 radical (unpaired) electrons. The summed E-state index contributed by atoms with van der Waals surface area (Å²) in [6.07, 6.45) is 0. The molecule has 0 saturated carbocycles. The van der Waals surface area contributed by atoms with Crippen molar-refractivity contribution in [3.63, 3.8) is 0 Å². The Kier molecular flexibility index (Phi) is 3.03. The molecule has 0 unspecified atom stereocenters. The van der Waals surface area contributed by atoms with E-state index in [-0.39, 0.29) is 5.91 Å². The predicted octanol–water partition coefficient (Wildman–Crippen LogP) is -0.203. The first-order chi connectivity index (χ1) is 6.75. The van der Waals surface area contributed by atoms with E-state index >= 15 is 0 Å². The molecule has 4 heteroatoms. The van der Waals surface area contributed by atoms with Crippen LogP contribution in [-0.2, 0) is 9.53 Å². The van der Waals surface area contributed by atoms with Crippen molar-refractivity contribution < 1.29 is 9.53 Å². The van der Waals surface area contributed by atoms with Crippen LogP contribution < -0.4 is 0 Å². The molecule has 2 saturated heterocycles. The van der Waals surface area contributed by atoms with Gasteiger partial charge in [-0.2, -0.15) is 0 Å². The second-order valence-electron chi connectivity index (χ2n) is 4.20. The third kappa shape index (κ3) is 2.25. The van der Waals surface area contributed by atoms with Gasteiger partial charge in [0.25, 0.3) is 0 Å². The van der Waals surface area contributed by atoms with E-state index in [0.29, 0.717) is 5.92 Å². The van der Waals surface area contributed by atoms with Gasteiger partial charge in [-0.3, -0.25) is 9.69 Å². The summed E-state index contributed by atoms with van der Waals surface area (Å²) in [7, 11) is 0. The lowest BCUT2D eigenvalue weighted by molar-refractivity contribution is -0.135. The Morgan fingerprint density at radius 1 is 1.36 bits per heavy atom. The number of carbonyl (C=O) groups is 1. The minimum atomic E-state index is 0.211. The highest BCUT2D eigenvalue weighted by atomic mass is 16.5. The molecule has 2 rings (SSSR count). The molecule has 0 spiro atoms. The van der Waals surface area contributed by atoms with Crippen molar-refractivity contribution in [2.24, 2.45) is 5.92 Å². The van der Waals surface area contributed by atoms with Crippen molar-refractivity contribution in [3.05, 3.63) is 0 Å². The Morgan fingerprint density at radius 2 is 2.00 bits per heavy atom. The van der Waals surface area contributed by atoms with Gasteiger partial charge >= 0.3 is 0 Å². The van der Waals surface area contributed by atoms with Gasteiger partial charge in [0.15, 0.2) is 0 Å². The molecule has 0 bridgehead atoms. The van der Waals surface area contributed by atoms with Gasteiger partial charge in [-0.1, -0.05) is 0 Å². The molecule has 2 heterocycles. The molecular weight excluding hydrogens is 180 g/mol. The summed E-state index contributed by atoms with van der Waals surface area (Å²) in [5, 5.41) is 0. The lowest BCUT2D eigenvalue weighted by Crippen LogP contribution is -2.54. The van der Waals surface area contributed by atoms with Crippen molar-refractivity contribution in [2.75, 3.05) is 45.9 Å². The van der Waals surface area contributed by atoms with Crippen molar-refractivity contribution in [3.8, 4) is 0 Å². The van der Waals surface area contributed by atoms with Crippen molar-refractivity contribution in [2.45, 2.75) is 6.92 Å². The largest absolute Gasteiger partial charge is 0.379 e. The molecule has 4 nitrogen and oxygen atoms in total. The fourth-order valence-electron chi connectivity index (χ4n) is 2.09. The molecule has 0 aromatic rings. The van der Waals surface area contributed by atoms with E-state index in [4.69, 9.17) is 4.74 Å².